The Hall–Kier alpha value is -1.18. The van der Waals surface area contributed by atoms with Crippen LogP contribution in [0.15, 0.2) is 27.7 Å². The van der Waals surface area contributed by atoms with Gasteiger partial charge in [-0.25, -0.2) is 4.98 Å². The first kappa shape index (κ1) is 13.3. The second-order valence-electron chi connectivity index (χ2n) is 4.03. The van der Waals surface area contributed by atoms with Gasteiger partial charge in [-0.2, -0.15) is 0 Å². The molecule has 2 heterocycles. The Bertz CT molecular complexity index is 524. The van der Waals surface area contributed by atoms with Gasteiger partial charge in [-0.1, -0.05) is 17.4 Å². The highest BCUT2D eigenvalue weighted by Gasteiger charge is 2.12. The molecule has 0 aromatic carbocycles. The number of pyridine rings is 1. The summed E-state index contributed by atoms with van der Waals surface area (Å²) < 4.78 is 0.874. The molecule has 2 rings (SSSR count). The van der Waals surface area contributed by atoms with Crippen LogP contribution in [0.2, 0.25) is 0 Å². The van der Waals surface area contributed by atoms with E-state index in [9.17, 15) is 0 Å². The molecule has 7 heteroatoms. The van der Waals surface area contributed by atoms with E-state index in [2.05, 4.69) is 15.2 Å². The highest BCUT2D eigenvalue weighted by molar-refractivity contribution is 8.01. The maximum atomic E-state index is 5.93. The van der Waals surface area contributed by atoms with Gasteiger partial charge < -0.3 is 10.6 Å². The average Bonchev–Trinajstić information content (AvgIpc) is 2.78. The van der Waals surface area contributed by atoms with Gasteiger partial charge in [0.2, 0.25) is 5.13 Å². The third kappa shape index (κ3) is 2.98. The average molecular weight is 281 g/mol. The highest BCUT2D eigenvalue weighted by atomic mass is 32.2. The number of rotatable bonds is 4. The minimum atomic E-state index is -0.0394. The Balaban J connectivity index is 2.23. The van der Waals surface area contributed by atoms with Crippen molar-refractivity contribution in [2.24, 2.45) is 5.73 Å². The minimum absolute atomic E-state index is 0.0394. The van der Waals surface area contributed by atoms with Crippen molar-refractivity contribution >= 4 is 28.2 Å². The summed E-state index contributed by atoms with van der Waals surface area (Å²) in [5, 5.41) is 10.0. The maximum Gasteiger partial charge on any atom is 0.208 e. The first-order valence-electron chi connectivity index (χ1n) is 5.47. The third-order valence-electron chi connectivity index (χ3n) is 2.25. The molecule has 0 aliphatic heterocycles. The summed E-state index contributed by atoms with van der Waals surface area (Å²) in [5.74, 6) is 0. The summed E-state index contributed by atoms with van der Waals surface area (Å²) in [6.45, 7) is 1.95. The Labute approximate surface area is 114 Å². The van der Waals surface area contributed by atoms with Crippen molar-refractivity contribution in [3.05, 3.63) is 23.9 Å². The van der Waals surface area contributed by atoms with Crippen LogP contribution >= 0.6 is 23.1 Å². The van der Waals surface area contributed by atoms with E-state index in [1.807, 2.05) is 38.1 Å². The molecule has 0 unspecified atom stereocenters. The molecule has 0 spiro atoms. The molecule has 0 bridgehead atoms. The molecule has 2 N–H and O–H groups in total. The third-order valence-corrected chi connectivity index (χ3v) is 4.43. The molecule has 2 aromatic rings. The summed E-state index contributed by atoms with van der Waals surface area (Å²) in [6.07, 6.45) is 1.77. The van der Waals surface area contributed by atoms with Gasteiger partial charge in [-0.05, 0) is 24.8 Å². The van der Waals surface area contributed by atoms with E-state index >= 15 is 0 Å². The molecule has 0 saturated heterocycles. The number of hydrogen-bond donors (Lipinski definition) is 1. The fraction of sp³-hybridized carbons (Fsp3) is 0.364. The summed E-state index contributed by atoms with van der Waals surface area (Å²) in [6, 6.07) is 3.85. The molecule has 0 aliphatic carbocycles. The van der Waals surface area contributed by atoms with Crippen molar-refractivity contribution in [1.29, 1.82) is 0 Å². The molecule has 96 valence electrons. The number of nitrogens with two attached hydrogens (primary N) is 1. The number of nitrogens with zero attached hydrogens (tertiary/aromatic N) is 4. The molecule has 5 nitrogen and oxygen atoms in total. The number of aromatic nitrogens is 3. The molecule has 0 radical (unpaired) electrons. The molecular weight excluding hydrogens is 266 g/mol. The molecule has 1 atom stereocenters. The van der Waals surface area contributed by atoms with Crippen LogP contribution in [0.25, 0.3) is 0 Å². The molecule has 2 aromatic heterocycles. The number of anilines is 1. The van der Waals surface area contributed by atoms with E-state index in [0.29, 0.717) is 0 Å². The summed E-state index contributed by atoms with van der Waals surface area (Å²) in [7, 11) is 3.90. The van der Waals surface area contributed by atoms with Crippen molar-refractivity contribution in [1.82, 2.24) is 15.2 Å². The second-order valence-corrected chi connectivity index (χ2v) is 6.23. The first-order chi connectivity index (χ1) is 8.58. The predicted molar refractivity (Wildman–Crippen MR) is 75.2 cm³/mol. The van der Waals surface area contributed by atoms with Crippen LogP contribution < -0.4 is 10.6 Å². The minimum Gasteiger partial charge on any atom is -0.353 e. The number of hydrogen-bond acceptors (Lipinski definition) is 7. The highest BCUT2D eigenvalue weighted by Crippen LogP contribution is 2.34. The van der Waals surface area contributed by atoms with Crippen molar-refractivity contribution in [3.8, 4) is 0 Å². The maximum absolute atomic E-state index is 5.93. The largest absolute Gasteiger partial charge is 0.353 e. The van der Waals surface area contributed by atoms with E-state index in [1.54, 1.807) is 17.5 Å². The molecule has 18 heavy (non-hydrogen) atoms. The van der Waals surface area contributed by atoms with Gasteiger partial charge in [0, 0.05) is 31.9 Å². The van der Waals surface area contributed by atoms with E-state index in [0.717, 1.165) is 20.1 Å². The van der Waals surface area contributed by atoms with Gasteiger partial charge in [0.1, 0.15) is 5.03 Å². The lowest BCUT2D eigenvalue weighted by Gasteiger charge is -2.09. The van der Waals surface area contributed by atoms with Crippen LogP contribution in [0.1, 0.15) is 18.5 Å². The predicted octanol–water partition coefficient (Wildman–Crippen LogP) is 2.17. The summed E-state index contributed by atoms with van der Waals surface area (Å²) in [5.41, 5.74) is 6.96. The van der Waals surface area contributed by atoms with Crippen molar-refractivity contribution in [3.63, 3.8) is 0 Å². The van der Waals surface area contributed by atoms with Gasteiger partial charge in [0.25, 0.3) is 0 Å². The van der Waals surface area contributed by atoms with E-state index in [1.165, 1.54) is 11.8 Å². The monoisotopic (exact) mass is 281 g/mol. The van der Waals surface area contributed by atoms with Crippen LogP contribution in [0.5, 0.6) is 0 Å². The molecule has 0 saturated carbocycles. The molecule has 0 amide bonds. The SMILES string of the molecule is C[C@H](N)c1cccnc1Sc1nnc(N(C)C)s1. The van der Waals surface area contributed by atoms with Gasteiger partial charge in [0.15, 0.2) is 4.34 Å². The smallest absolute Gasteiger partial charge is 0.208 e. The van der Waals surface area contributed by atoms with Gasteiger partial charge in [0.05, 0.1) is 0 Å². The van der Waals surface area contributed by atoms with E-state index < -0.39 is 0 Å². The fourth-order valence-corrected chi connectivity index (χ4v) is 3.20. The second kappa shape index (κ2) is 5.64. The van der Waals surface area contributed by atoms with E-state index in [-0.39, 0.29) is 6.04 Å². The lowest BCUT2D eigenvalue weighted by Crippen LogP contribution is -2.07. The van der Waals surface area contributed by atoms with Crippen LogP contribution in [0, 0.1) is 0 Å². The quantitative estimate of drug-likeness (QED) is 0.926. The van der Waals surface area contributed by atoms with Crippen LogP contribution in [-0.2, 0) is 0 Å². The Morgan fingerprint density at radius 1 is 1.39 bits per heavy atom. The Kier molecular flexibility index (Phi) is 4.15. The van der Waals surface area contributed by atoms with Crippen LogP contribution in [0.3, 0.4) is 0 Å². The van der Waals surface area contributed by atoms with Gasteiger partial charge >= 0.3 is 0 Å². The first-order valence-corrected chi connectivity index (χ1v) is 7.10. The van der Waals surface area contributed by atoms with Gasteiger partial charge in [-0.3, -0.25) is 0 Å². The van der Waals surface area contributed by atoms with Crippen LogP contribution in [-0.4, -0.2) is 29.3 Å². The molecule has 0 fully saturated rings. The van der Waals surface area contributed by atoms with Crippen molar-refractivity contribution in [2.75, 3.05) is 19.0 Å². The van der Waals surface area contributed by atoms with Crippen molar-refractivity contribution < 1.29 is 0 Å². The van der Waals surface area contributed by atoms with Crippen molar-refractivity contribution in [2.45, 2.75) is 22.3 Å². The van der Waals surface area contributed by atoms with E-state index in [4.69, 9.17) is 5.73 Å². The fourth-order valence-electron chi connectivity index (χ4n) is 1.34. The zero-order valence-electron chi connectivity index (χ0n) is 10.5. The molecule has 0 aliphatic rings. The topological polar surface area (TPSA) is 67.9 Å². The van der Waals surface area contributed by atoms with Gasteiger partial charge in [-0.15, -0.1) is 10.2 Å². The Morgan fingerprint density at radius 3 is 2.78 bits per heavy atom. The normalized spacial score (nSPS) is 12.4. The Morgan fingerprint density at radius 2 is 2.17 bits per heavy atom. The standard InChI is InChI=1S/C11H15N5S2/c1-7(12)8-5-4-6-13-9(8)17-11-15-14-10(18-11)16(2)3/h4-7H,12H2,1-3H3/t7-/m0/s1. The summed E-state index contributed by atoms with van der Waals surface area (Å²) in [4.78, 5) is 6.29. The lowest BCUT2D eigenvalue weighted by atomic mass is 10.2. The lowest BCUT2D eigenvalue weighted by molar-refractivity contribution is 0.779. The van der Waals surface area contributed by atoms with Crippen LogP contribution in [0.4, 0.5) is 5.13 Å². The summed E-state index contributed by atoms with van der Waals surface area (Å²) >= 11 is 3.05. The molecular formula is C11H15N5S2. The zero-order chi connectivity index (χ0) is 13.1. The zero-order valence-corrected chi connectivity index (χ0v) is 12.1.